The van der Waals surface area contributed by atoms with Gasteiger partial charge in [-0.05, 0) is 36.4 Å². The van der Waals surface area contributed by atoms with Crippen LogP contribution < -0.4 is 10.1 Å². The molecule has 2 aromatic carbocycles. The Morgan fingerprint density at radius 2 is 1.67 bits per heavy atom. The molecule has 1 amide bonds. The molecule has 1 N–H and O–H groups in total. The summed E-state index contributed by atoms with van der Waals surface area (Å²) < 4.78 is 41.5. The van der Waals surface area contributed by atoms with E-state index in [0.29, 0.717) is 5.56 Å². The fourth-order valence-electron chi connectivity index (χ4n) is 1.58. The molecular formula is C14H9BrF3NO2. The second-order valence-electron chi connectivity index (χ2n) is 4.00. The number of benzene rings is 2. The van der Waals surface area contributed by atoms with Crippen molar-refractivity contribution in [2.45, 2.75) is 6.36 Å². The van der Waals surface area contributed by atoms with E-state index >= 15 is 0 Å². The molecule has 0 heterocycles. The summed E-state index contributed by atoms with van der Waals surface area (Å²) >= 11 is 3.23. The van der Waals surface area contributed by atoms with Gasteiger partial charge in [0, 0.05) is 10.0 Å². The van der Waals surface area contributed by atoms with Gasteiger partial charge in [-0.3, -0.25) is 4.79 Å². The summed E-state index contributed by atoms with van der Waals surface area (Å²) in [7, 11) is 0. The van der Waals surface area contributed by atoms with Crippen molar-refractivity contribution in [1.82, 2.24) is 0 Å². The second-order valence-corrected chi connectivity index (χ2v) is 4.92. The van der Waals surface area contributed by atoms with Crippen LogP contribution in [0.3, 0.4) is 0 Å². The molecule has 0 saturated carbocycles. The number of ether oxygens (including phenoxy) is 1. The van der Waals surface area contributed by atoms with Crippen LogP contribution in [0.1, 0.15) is 10.4 Å². The largest absolute Gasteiger partial charge is 0.573 e. The quantitative estimate of drug-likeness (QED) is 0.869. The van der Waals surface area contributed by atoms with E-state index in [1.54, 1.807) is 24.3 Å². The zero-order chi connectivity index (χ0) is 15.5. The zero-order valence-corrected chi connectivity index (χ0v) is 12.0. The van der Waals surface area contributed by atoms with E-state index in [1.165, 1.54) is 18.2 Å². The van der Waals surface area contributed by atoms with Crippen LogP contribution >= 0.6 is 15.9 Å². The van der Waals surface area contributed by atoms with Gasteiger partial charge in [0.25, 0.3) is 5.91 Å². The van der Waals surface area contributed by atoms with Gasteiger partial charge in [0.15, 0.2) is 5.75 Å². The molecule has 0 bridgehead atoms. The molecule has 3 nitrogen and oxygen atoms in total. The summed E-state index contributed by atoms with van der Waals surface area (Å²) in [5.74, 6) is -0.990. The summed E-state index contributed by atoms with van der Waals surface area (Å²) in [5, 5.41) is 2.39. The lowest BCUT2D eigenvalue weighted by Gasteiger charge is -2.13. The molecule has 0 aromatic heterocycles. The summed E-state index contributed by atoms with van der Waals surface area (Å²) in [6.07, 6.45) is -4.82. The molecule has 0 aliphatic carbocycles. The molecule has 0 aliphatic heterocycles. The molecule has 21 heavy (non-hydrogen) atoms. The average molecular weight is 360 g/mol. The van der Waals surface area contributed by atoms with Crippen molar-refractivity contribution in [2.24, 2.45) is 0 Å². The molecule has 0 atom stereocenters. The molecule has 2 rings (SSSR count). The number of hydrogen-bond donors (Lipinski definition) is 1. The second kappa shape index (κ2) is 6.17. The first-order valence-electron chi connectivity index (χ1n) is 5.77. The Morgan fingerprint density at radius 1 is 1.05 bits per heavy atom. The van der Waals surface area contributed by atoms with Gasteiger partial charge in [-0.1, -0.05) is 28.1 Å². The summed E-state index contributed by atoms with van der Waals surface area (Å²) in [6, 6.07) is 11.8. The predicted octanol–water partition coefficient (Wildman–Crippen LogP) is 4.60. The minimum atomic E-state index is -4.82. The minimum Gasteiger partial charge on any atom is -0.404 e. The molecule has 2 aromatic rings. The third kappa shape index (κ3) is 4.49. The smallest absolute Gasteiger partial charge is 0.404 e. The van der Waals surface area contributed by atoms with Gasteiger partial charge < -0.3 is 10.1 Å². The van der Waals surface area contributed by atoms with Gasteiger partial charge in [0.05, 0.1) is 5.69 Å². The van der Waals surface area contributed by atoms with Crippen molar-refractivity contribution in [3.05, 3.63) is 58.6 Å². The summed E-state index contributed by atoms with van der Waals surface area (Å²) in [6.45, 7) is 0. The highest BCUT2D eigenvalue weighted by Gasteiger charge is 2.32. The molecule has 7 heteroatoms. The Bertz CT molecular complexity index is 641. The highest BCUT2D eigenvalue weighted by molar-refractivity contribution is 9.10. The number of halogens is 4. The van der Waals surface area contributed by atoms with Crippen LogP contribution in [0.2, 0.25) is 0 Å². The number of rotatable bonds is 3. The number of hydrogen-bond acceptors (Lipinski definition) is 2. The minimum absolute atomic E-state index is 0.0530. The standard InChI is InChI=1S/C14H9BrF3NO2/c15-10-7-5-9(6-8-10)13(20)19-11-3-1-2-4-12(11)21-14(16,17)18/h1-8H,(H,19,20). The maximum absolute atomic E-state index is 12.3. The van der Waals surface area contributed by atoms with Gasteiger partial charge in [-0.15, -0.1) is 13.2 Å². The molecule has 110 valence electrons. The number of alkyl halides is 3. The maximum atomic E-state index is 12.3. The van der Waals surface area contributed by atoms with Crippen LogP contribution in [0.25, 0.3) is 0 Å². The highest BCUT2D eigenvalue weighted by Crippen LogP contribution is 2.30. The number of carbonyl (C=O) groups excluding carboxylic acids is 1. The molecular weight excluding hydrogens is 351 g/mol. The van der Waals surface area contributed by atoms with Gasteiger partial charge in [-0.2, -0.15) is 0 Å². The van der Waals surface area contributed by atoms with Crippen LogP contribution in [0.5, 0.6) is 5.75 Å². The SMILES string of the molecule is O=C(Nc1ccccc1OC(F)(F)F)c1ccc(Br)cc1. The number of nitrogens with one attached hydrogen (secondary N) is 1. The van der Waals surface area contributed by atoms with E-state index in [9.17, 15) is 18.0 Å². The fraction of sp³-hybridized carbons (Fsp3) is 0.0714. The Balaban J connectivity index is 2.19. The van der Waals surface area contributed by atoms with Crippen molar-refractivity contribution >= 4 is 27.5 Å². The number of anilines is 1. The van der Waals surface area contributed by atoms with Crippen molar-refractivity contribution < 1.29 is 22.7 Å². The van der Waals surface area contributed by atoms with E-state index in [4.69, 9.17) is 0 Å². The third-order valence-corrected chi connectivity index (χ3v) is 3.00. The van der Waals surface area contributed by atoms with Gasteiger partial charge in [0.1, 0.15) is 0 Å². The van der Waals surface area contributed by atoms with Crippen molar-refractivity contribution in [1.29, 1.82) is 0 Å². The average Bonchev–Trinajstić information content (AvgIpc) is 2.40. The van der Waals surface area contributed by atoms with E-state index in [1.807, 2.05) is 0 Å². The monoisotopic (exact) mass is 359 g/mol. The van der Waals surface area contributed by atoms with Gasteiger partial charge in [0.2, 0.25) is 0 Å². The molecule has 0 fully saturated rings. The van der Waals surface area contributed by atoms with E-state index in [2.05, 4.69) is 26.0 Å². The van der Waals surface area contributed by atoms with Crippen LogP contribution in [0, 0.1) is 0 Å². The van der Waals surface area contributed by atoms with E-state index < -0.39 is 18.0 Å². The van der Waals surface area contributed by atoms with Crippen molar-refractivity contribution in [3.8, 4) is 5.75 Å². The zero-order valence-electron chi connectivity index (χ0n) is 10.4. The summed E-state index contributed by atoms with van der Waals surface area (Å²) in [4.78, 5) is 12.0. The predicted molar refractivity (Wildman–Crippen MR) is 75.2 cm³/mol. The Morgan fingerprint density at radius 3 is 2.29 bits per heavy atom. The molecule has 0 saturated heterocycles. The van der Waals surface area contributed by atoms with E-state index in [0.717, 1.165) is 10.5 Å². The normalized spacial score (nSPS) is 11.0. The van der Waals surface area contributed by atoms with Crippen LogP contribution in [0.15, 0.2) is 53.0 Å². The molecule has 0 aliphatic rings. The highest BCUT2D eigenvalue weighted by atomic mass is 79.9. The Labute approximate surface area is 126 Å². The molecule has 0 radical (unpaired) electrons. The lowest BCUT2D eigenvalue weighted by atomic mass is 10.2. The lowest BCUT2D eigenvalue weighted by molar-refractivity contribution is -0.274. The third-order valence-electron chi connectivity index (χ3n) is 2.47. The molecule has 0 unspecified atom stereocenters. The fourth-order valence-corrected chi connectivity index (χ4v) is 1.84. The Kier molecular flexibility index (Phi) is 4.52. The first-order valence-corrected chi connectivity index (χ1v) is 6.56. The van der Waals surface area contributed by atoms with Crippen LogP contribution in [0.4, 0.5) is 18.9 Å². The first kappa shape index (κ1) is 15.4. The lowest BCUT2D eigenvalue weighted by Crippen LogP contribution is -2.19. The van der Waals surface area contributed by atoms with Gasteiger partial charge in [-0.25, -0.2) is 0 Å². The number of carbonyl (C=O) groups is 1. The maximum Gasteiger partial charge on any atom is 0.573 e. The van der Waals surface area contributed by atoms with Crippen LogP contribution in [-0.2, 0) is 0 Å². The van der Waals surface area contributed by atoms with Crippen LogP contribution in [-0.4, -0.2) is 12.3 Å². The topological polar surface area (TPSA) is 38.3 Å². The molecule has 0 spiro atoms. The van der Waals surface area contributed by atoms with Crippen molar-refractivity contribution in [3.63, 3.8) is 0 Å². The van der Waals surface area contributed by atoms with E-state index in [-0.39, 0.29) is 5.69 Å². The number of para-hydroxylation sites is 2. The van der Waals surface area contributed by atoms with Gasteiger partial charge >= 0.3 is 6.36 Å². The van der Waals surface area contributed by atoms with Crippen molar-refractivity contribution in [2.75, 3.05) is 5.32 Å². The number of amides is 1. The summed E-state index contributed by atoms with van der Waals surface area (Å²) in [5.41, 5.74) is 0.266. The Hall–Kier alpha value is -2.02. The first-order chi connectivity index (χ1) is 9.85.